The normalized spacial score (nSPS) is 10.2. The fourth-order valence-electron chi connectivity index (χ4n) is 1.97. The molecule has 4 nitrogen and oxygen atoms in total. The standard InChI is InChI=1S/C16H18N2O2/c1-11-10-13(7-8-15(11)19)18-16(20)9-6-12-4-2-3-5-14(12)17/h2-5,7-8,10,19H,6,9,17H2,1H3,(H,18,20). The molecule has 0 spiro atoms. The third kappa shape index (κ3) is 3.51. The van der Waals surface area contributed by atoms with Gasteiger partial charge in [-0.15, -0.1) is 0 Å². The van der Waals surface area contributed by atoms with Gasteiger partial charge in [-0.25, -0.2) is 0 Å². The molecule has 1 amide bonds. The van der Waals surface area contributed by atoms with Crippen molar-refractivity contribution in [3.8, 4) is 5.75 Å². The van der Waals surface area contributed by atoms with Gasteiger partial charge < -0.3 is 16.2 Å². The van der Waals surface area contributed by atoms with Crippen molar-refractivity contribution in [3.05, 3.63) is 53.6 Å². The lowest BCUT2D eigenvalue weighted by molar-refractivity contribution is -0.116. The van der Waals surface area contributed by atoms with E-state index in [9.17, 15) is 9.90 Å². The number of hydrogen-bond acceptors (Lipinski definition) is 3. The van der Waals surface area contributed by atoms with Crippen molar-refractivity contribution in [2.45, 2.75) is 19.8 Å². The summed E-state index contributed by atoms with van der Waals surface area (Å²) in [5.41, 5.74) is 8.94. The molecule has 0 heterocycles. The highest BCUT2D eigenvalue weighted by Gasteiger charge is 2.06. The summed E-state index contributed by atoms with van der Waals surface area (Å²) in [7, 11) is 0. The second-order valence-electron chi connectivity index (χ2n) is 4.75. The van der Waals surface area contributed by atoms with Gasteiger partial charge in [0.15, 0.2) is 0 Å². The SMILES string of the molecule is Cc1cc(NC(=O)CCc2ccccc2N)ccc1O. The predicted octanol–water partition coefficient (Wildman–Crippen LogP) is 2.85. The topological polar surface area (TPSA) is 75.4 Å². The lowest BCUT2D eigenvalue weighted by Crippen LogP contribution is -2.12. The number of carbonyl (C=O) groups is 1. The Morgan fingerprint density at radius 2 is 2.00 bits per heavy atom. The monoisotopic (exact) mass is 270 g/mol. The molecule has 0 bridgehead atoms. The fourth-order valence-corrected chi connectivity index (χ4v) is 1.97. The lowest BCUT2D eigenvalue weighted by Gasteiger charge is -2.08. The van der Waals surface area contributed by atoms with Gasteiger partial charge in [-0.2, -0.15) is 0 Å². The average molecular weight is 270 g/mol. The first-order valence-electron chi connectivity index (χ1n) is 6.49. The van der Waals surface area contributed by atoms with E-state index in [4.69, 9.17) is 5.73 Å². The van der Waals surface area contributed by atoms with Crippen LogP contribution in [0.5, 0.6) is 5.75 Å². The van der Waals surface area contributed by atoms with E-state index in [2.05, 4.69) is 5.32 Å². The number of aryl methyl sites for hydroxylation is 2. The Bertz CT molecular complexity index is 624. The molecule has 0 fully saturated rings. The zero-order chi connectivity index (χ0) is 14.5. The minimum Gasteiger partial charge on any atom is -0.508 e. The predicted molar refractivity (Wildman–Crippen MR) is 80.6 cm³/mol. The highest BCUT2D eigenvalue weighted by molar-refractivity contribution is 5.91. The Labute approximate surface area is 118 Å². The molecular weight excluding hydrogens is 252 g/mol. The fraction of sp³-hybridized carbons (Fsp3) is 0.188. The number of aromatic hydroxyl groups is 1. The number of carbonyl (C=O) groups excluding carboxylic acids is 1. The largest absolute Gasteiger partial charge is 0.508 e. The summed E-state index contributed by atoms with van der Waals surface area (Å²) in [6.07, 6.45) is 0.976. The Kier molecular flexibility index (Phi) is 4.25. The van der Waals surface area contributed by atoms with Crippen molar-refractivity contribution >= 4 is 17.3 Å². The molecule has 0 saturated carbocycles. The molecule has 20 heavy (non-hydrogen) atoms. The number of phenolic OH excluding ortho intramolecular Hbond substituents is 1. The zero-order valence-corrected chi connectivity index (χ0v) is 11.4. The summed E-state index contributed by atoms with van der Waals surface area (Å²) in [6.45, 7) is 1.79. The maximum absolute atomic E-state index is 11.9. The van der Waals surface area contributed by atoms with Crippen LogP contribution in [0.15, 0.2) is 42.5 Å². The maximum Gasteiger partial charge on any atom is 0.224 e. The second-order valence-corrected chi connectivity index (χ2v) is 4.75. The summed E-state index contributed by atoms with van der Waals surface area (Å²) >= 11 is 0. The second kappa shape index (κ2) is 6.10. The number of nitrogens with one attached hydrogen (secondary N) is 1. The summed E-state index contributed by atoms with van der Waals surface area (Å²) in [4.78, 5) is 11.9. The first-order chi connectivity index (χ1) is 9.56. The number of amides is 1. The molecule has 0 aliphatic heterocycles. The van der Waals surface area contributed by atoms with Gasteiger partial charge in [-0.3, -0.25) is 4.79 Å². The van der Waals surface area contributed by atoms with E-state index >= 15 is 0 Å². The molecule has 0 atom stereocenters. The Balaban J connectivity index is 1.93. The van der Waals surface area contributed by atoms with E-state index < -0.39 is 0 Å². The van der Waals surface area contributed by atoms with Crippen LogP contribution in [0, 0.1) is 6.92 Å². The van der Waals surface area contributed by atoms with Crippen LogP contribution < -0.4 is 11.1 Å². The zero-order valence-electron chi connectivity index (χ0n) is 11.4. The molecule has 2 rings (SSSR count). The molecule has 2 aromatic carbocycles. The number of rotatable bonds is 4. The number of nitrogens with two attached hydrogens (primary N) is 1. The summed E-state index contributed by atoms with van der Waals surface area (Å²) in [5, 5.41) is 12.2. The van der Waals surface area contributed by atoms with Crippen LogP contribution in [0.2, 0.25) is 0 Å². The van der Waals surface area contributed by atoms with Gasteiger partial charge in [0, 0.05) is 17.8 Å². The summed E-state index contributed by atoms with van der Waals surface area (Å²) < 4.78 is 0. The van der Waals surface area contributed by atoms with E-state index in [1.165, 1.54) is 0 Å². The van der Waals surface area contributed by atoms with Gasteiger partial charge in [0.2, 0.25) is 5.91 Å². The molecule has 0 radical (unpaired) electrons. The number of benzene rings is 2. The van der Waals surface area contributed by atoms with Gasteiger partial charge >= 0.3 is 0 Å². The maximum atomic E-state index is 11.9. The van der Waals surface area contributed by atoms with E-state index in [0.29, 0.717) is 24.2 Å². The van der Waals surface area contributed by atoms with Crippen LogP contribution in [0.25, 0.3) is 0 Å². The van der Waals surface area contributed by atoms with Gasteiger partial charge in [-0.05, 0) is 48.7 Å². The van der Waals surface area contributed by atoms with Gasteiger partial charge in [0.1, 0.15) is 5.75 Å². The minimum atomic E-state index is -0.0710. The third-order valence-corrected chi connectivity index (χ3v) is 3.16. The van der Waals surface area contributed by atoms with Crippen LogP contribution >= 0.6 is 0 Å². The first-order valence-corrected chi connectivity index (χ1v) is 6.49. The number of nitrogen functional groups attached to an aromatic ring is 1. The van der Waals surface area contributed by atoms with E-state index in [0.717, 1.165) is 11.1 Å². The Morgan fingerprint density at radius 3 is 2.70 bits per heavy atom. The number of phenols is 1. The smallest absolute Gasteiger partial charge is 0.224 e. The van der Waals surface area contributed by atoms with E-state index in [1.807, 2.05) is 24.3 Å². The highest BCUT2D eigenvalue weighted by Crippen LogP contribution is 2.20. The molecule has 104 valence electrons. The molecule has 0 aromatic heterocycles. The van der Waals surface area contributed by atoms with Gasteiger partial charge in [-0.1, -0.05) is 18.2 Å². The molecular formula is C16H18N2O2. The Morgan fingerprint density at radius 1 is 1.25 bits per heavy atom. The molecule has 2 aromatic rings. The van der Waals surface area contributed by atoms with Crippen LogP contribution in [-0.2, 0) is 11.2 Å². The molecule has 0 aliphatic rings. The van der Waals surface area contributed by atoms with Gasteiger partial charge in [0.25, 0.3) is 0 Å². The first kappa shape index (κ1) is 13.9. The van der Waals surface area contributed by atoms with Crippen LogP contribution in [0.3, 0.4) is 0 Å². The van der Waals surface area contributed by atoms with Crippen LogP contribution in [0.1, 0.15) is 17.5 Å². The molecule has 0 aliphatic carbocycles. The van der Waals surface area contributed by atoms with Crippen molar-refractivity contribution < 1.29 is 9.90 Å². The van der Waals surface area contributed by atoms with E-state index in [1.54, 1.807) is 25.1 Å². The minimum absolute atomic E-state index is 0.0710. The van der Waals surface area contributed by atoms with Crippen LogP contribution in [-0.4, -0.2) is 11.0 Å². The molecule has 4 heteroatoms. The average Bonchev–Trinajstić information content (AvgIpc) is 2.42. The molecule has 4 N–H and O–H groups in total. The van der Waals surface area contributed by atoms with Crippen molar-refractivity contribution in [2.24, 2.45) is 0 Å². The highest BCUT2D eigenvalue weighted by atomic mass is 16.3. The van der Waals surface area contributed by atoms with Crippen molar-refractivity contribution in [1.82, 2.24) is 0 Å². The molecule has 0 saturated heterocycles. The van der Waals surface area contributed by atoms with Gasteiger partial charge in [0.05, 0.1) is 0 Å². The van der Waals surface area contributed by atoms with Crippen molar-refractivity contribution in [2.75, 3.05) is 11.1 Å². The van der Waals surface area contributed by atoms with Crippen LogP contribution in [0.4, 0.5) is 11.4 Å². The third-order valence-electron chi connectivity index (χ3n) is 3.16. The Hall–Kier alpha value is -2.49. The number of para-hydroxylation sites is 1. The van der Waals surface area contributed by atoms with E-state index in [-0.39, 0.29) is 11.7 Å². The lowest BCUT2D eigenvalue weighted by atomic mass is 10.1. The number of anilines is 2. The van der Waals surface area contributed by atoms with Crippen molar-refractivity contribution in [3.63, 3.8) is 0 Å². The number of hydrogen-bond donors (Lipinski definition) is 3. The van der Waals surface area contributed by atoms with Crippen molar-refractivity contribution in [1.29, 1.82) is 0 Å². The molecule has 0 unspecified atom stereocenters. The summed E-state index contributed by atoms with van der Waals surface area (Å²) in [5.74, 6) is 0.151. The summed E-state index contributed by atoms with van der Waals surface area (Å²) in [6, 6.07) is 12.5. The quantitative estimate of drug-likeness (QED) is 0.590.